The van der Waals surface area contributed by atoms with Gasteiger partial charge in [0, 0.05) is 22.6 Å². The number of hydrogen-bond acceptors (Lipinski definition) is 4. The first-order chi connectivity index (χ1) is 13.0. The Hall–Kier alpha value is -4.07. The quantitative estimate of drug-likeness (QED) is 0.554. The van der Waals surface area contributed by atoms with Crippen LogP contribution in [0.15, 0.2) is 71.3 Å². The van der Waals surface area contributed by atoms with E-state index in [1.54, 1.807) is 60.7 Å². The average molecular weight is 364 g/mol. The molecule has 3 rings (SSSR count). The molecule has 0 saturated carbocycles. The molecular weight excluding hydrogens is 348 g/mol. The summed E-state index contributed by atoms with van der Waals surface area (Å²) < 4.78 is 5.02. The Morgan fingerprint density at radius 1 is 0.704 bits per heavy atom. The van der Waals surface area contributed by atoms with Crippen molar-refractivity contribution >= 4 is 34.9 Å². The Balaban J connectivity index is 1.60. The van der Waals surface area contributed by atoms with Gasteiger partial charge in [-0.05, 0) is 60.7 Å². The normalized spacial score (nSPS) is 10.1. The number of urea groups is 1. The summed E-state index contributed by atoms with van der Waals surface area (Å²) in [4.78, 5) is 35.0. The van der Waals surface area contributed by atoms with Crippen LogP contribution in [0.5, 0.6) is 0 Å². The van der Waals surface area contributed by atoms with E-state index in [2.05, 4.69) is 16.0 Å². The van der Waals surface area contributed by atoms with Gasteiger partial charge in [0.2, 0.25) is 0 Å². The van der Waals surface area contributed by atoms with E-state index in [1.165, 1.54) is 6.26 Å². The highest BCUT2D eigenvalue weighted by atomic mass is 16.3. The van der Waals surface area contributed by atoms with E-state index in [1.807, 2.05) is 0 Å². The summed E-state index contributed by atoms with van der Waals surface area (Å²) in [5, 5.41) is 7.84. The summed E-state index contributed by atoms with van der Waals surface area (Å²) in [7, 11) is 0. The van der Waals surface area contributed by atoms with Crippen molar-refractivity contribution in [2.45, 2.75) is 0 Å². The predicted octanol–water partition coefficient (Wildman–Crippen LogP) is 3.27. The summed E-state index contributed by atoms with van der Waals surface area (Å²) in [6.45, 7) is 0. The molecule has 8 heteroatoms. The Morgan fingerprint density at radius 3 is 1.74 bits per heavy atom. The Kier molecular flexibility index (Phi) is 5.17. The zero-order valence-electron chi connectivity index (χ0n) is 14.1. The van der Waals surface area contributed by atoms with Crippen molar-refractivity contribution in [3.63, 3.8) is 0 Å². The fraction of sp³-hybridized carbons (Fsp3) is 0. The fourth-order valence-corrected chi connectivity index (χ4v) is 2.29. The third kappa shape index (κ3) is 4.73. The fourth-order valence-electron chi connectivity index (χ4n) is 2.29. The number of anilines is 3. The lowest BCUT2D eigenvalue weighted by atomic mass is 10.2. The lowest BCUT2D eigenvalue weighted by Crippen LogP contribution is -2.19. The van der Waals surface area contributed by atoms with Crippen molar-refractivity contribution in [1.82, 2.24) is 0 Å². The van der Waals surface area contributed by atoms with Gasteiger partial charge in [0.25, 0.3) is 11.8 Å². The topological polar surface area (TPSA) is 126 Å². The van der Waals surface area contributed by atoms with Gasteiger partial charge in [-0.1, -0.05) is 0 Å². The predicted molar refractivity (Wildman–Crippen MR) is 101 cm³/mol. The van der Waals surface area contributed by atoms with E-state index in [9.17, 15) is 14.4 Å². The van der Waals surface area contributed by atoms with Gasteiger partial charge < -0.3 is 26.1 Å². The molecule has 0 aliphatic rings. The standard InChI is InChI=1S/C19H16N4O4/c20-19(26)23-15-9-7-14(8-10-15)21-17(24)12-3-5-13(6-4-12)22-18(25)16-2-1-11-27-16/h1-11H,(H,21,24)(H,22,25)(H3,20,23,26). The Labute approximate surface area is 154 Å². The van der Waals surface area contributed by atoms with Gasteiger partial charge in [-0.25, -0.2) is 4.79 Å². The minimum absolute atomic E-state index is 0.200. The average Bonchev–Trinajstić information content (AvgIpc) is 3.18. The molecule has 0 aliphatic carbocycles. The minimum Gasteiger partial charge on any atom is -0.459 e. The van der Waals surface area contributed by atoms with Crippen LogP contribution in [0, 0.1) is 0 Å². The second-order valence-corrected chi connectivity index (χ2v) is 5.53. The number of amides is 4. The lowest BCUT2D eigenvalue weighted by Gasteiger charge is -2.08. The van der Waals surface area contributed by atoms with E-state index < -0.39 is 6.03 Å². The first-order valence-electron chi connectivity index (χ1n) is 7.94. The summed E-state index contributed by atoms with van der Waals surface area (Å²) in [5.74, 6) is -0.484. The molecule has 0 atom stereocenters. The van der Waals surface area contributed by atoms with Gasteiger partial charge in [-0.15, -0.1) is 0 Å². The van der Waals surface area contributed by atoms with Crippen molar-refractivity contribution in [3.8, 4) is 0 Å². The number of carbonyl (C=O) groups is 3. The molecule has 0 fully saturated rings. The molecule has 1 heterocycles. The maximum absolute atomic E-state index is 12.3. The second kappa shape index (κ2) is 7.87. The van der Waals surface area contributed by atoms with Crippen molar-refractivity contribution in [3.05, 3.63) is 78.3 Å². The smallest absolute Gasteiger partial charge is 0.316 e. The molecule has 5 N–H and O–H groups in total. The Bertz CT molecular complexity index is 948. The molecule has 136 valence electrons. The molecule has 0 radical (unpaired) electrons. The van der Waals surface area contributed by atoms with Gasteiger partial charge in [0.05, 0.1) is 6.26 Å². The third-order valence-electron chi connectivity index (χ3n) is 3.56. The van der Waals surface area contributed by atoms with Crippen LogP contribution < -0.4 is 21.7 Å². The number of primary amides is 1. The molecule has 0 bridgehead atoms. The van der Waals surface area contributed by atoms with Gasteiger partial charge in [-0.3, -0.25) is 9.59 Å². The van der Waals surface area contributed by atoms with E-state index in [-0.39, 0.29) is 17.6 Å². The van der Waals surface area contributed by atoms with E-state index in [0.29, 0.717) is 22.6 Å². The highest BCUT2D eigenvalue weighted by molar-refractivity contribution is 6.05. The van der Waals surface area contributed by atoms with Gasteiger partial charge in [-0.2, -0.15) is 0 Å². The van der Waals surface area contributed by atoms with Crippen LogP contribution >= 0.6 is 0 Å². The number of carbonyl (C=O) groups excluding carboxylic acids is 3. The highest BCUT2D eigenvalue weighted by Crippen LogP contribution is 2.16. The Morgan fingerprint density at radius 2 is 1.22 bits per heavy atom. The largest absolute Gasteiger partial charge is 0.459 e. The van der Waals surface area contributed by atoms with Crippen LogP contribution in [-0.4, -0.2) is 17.8 Å². The van der Waals surface area contributed by atoms with E-state index in [0.717, 1.165) is 0 Å². The molecule has 0 unspecified atom stereocenters. The van der Waals surface area contributed by atoms with Crippen LogP contribution in [0.4, 0.5) is 21.9 Å². The van der Waals surface area contributed by atoms with Gasteiger partial charge in [0.1, 0.15) is 0 Å². The second-order valence-electron chi connectivity index (χ2n) is 5.53. The van der Waals surface area contributed by atoms with Crippen LogP contribution in [0.25, 0.3) is 0 Å². The zero-order chi connectivity index (χ0) is 19.2. The lowest BCUT2D eigenvalue weighted by molar-refractivity contribution is 0.0995. The van der Waals surface area contributed by atoms with Crippen LogP contribution in [0.1, 0.15) is 20.9 Å². The van der Waals surface area contributed by atoms with Crippen LogP contribution in [-0.2, 0) is 0 Å². The number of benzene rings is 2. The molecule has 0 aliphatic heterocycles. The summed E-state index contributed by atoms with van der Waals surface area (Å²) in [6.07, 6.45) is 1.42. The number of nitrogens with one attached hydrogen (secondary N) is 3. The molecule has 1 aromatic heterocycles. The maximum atomic E-state index is 12.3. The number of hydrogen-bond donors (Lipinski definition) is 4. The minimum atomic E-state index is -0.661. The first-order valence-corrected chi connectivity index (χ1v) is 7.94. The molecule has 0 spiro atoms. The molecule has 4 amide bonds. The van der Waals surface area contributed by atoms with Gasteiger partial charge >= 0.3 is 6.03 Å². The summed E-state index contributed by atoms with van der Waals surface area (Å²) in [5.41, 5.74) is 7.08. The molecule has 8 nitrogen and oxygen atoms in total. The zero-order valence-corrected chi connectivity index (χ0v) is 14.1. The maximum Gasteiger partial charge on any atom is 0.316 e. The van der Waals surface area contributed by atoms with E-state index in [4.69, 9.17) is 10.2 Å². The third-order valence-corrected chi connectivity index (χ3v) is 3.56. The molecule has 0 saturated heterocycles. The number of nitrogens with two attached hydrogens (primary N) is 1. The van der Waals surface area contributed by atoms with Crippen LogP contribution in [0.2, 0.25) is 0 Å². The van der Waals surface area contributed by atoms with Crippen molar-refractivity contribution < 1.29 is 18.8 Å². The molecule has 27 heavy (non-hydrogen) atoms. The summed E-state index contributed by atoms with van der Waals surface area (Å²) in [6, 6.07) is 15.5. The molecular formula is C19H16N4O4. The summed E-state index contributed by atoms with van der Waals surface area (Å²) >= 11 is 0. The first kappa shape index (κ1) is 17.7. The molecule has 3 aromatic rings. The highest BCUT2D eigenvalue weighted by Gasteiger charge is 2.10. The van der Waals surface area contributed by atoms with Crippen LogP contribution in [0.3, 0.4) is 0 Å². The van der Waals surface area contributed by atoms with Crippen molar-refractivity contribution in [2.75, 3.05) is 16.0 Å². The van der Waals surface area contributed by atoms with Crippen molar-refractivity contribution in [1.29, 1.82) is 0 Å². The SMILES string of the molecule is NC(=O)Nc1ccc(NC(=O)c2ccc(NC(=O)c3ccco3)cc2)cc1. The number of rotatable bonds is 5. The van der Waals surface area contributed by atoms with Gasteiger partial charge in [0.15, 0.2) is 5.76 Å². The number of furan rings is 1. The van der Waals surface area contributed by atoms with Crippen molar-refractivity contribution in [2.24, 2.45) is 5.73 Å². The van der Waals surface area contributed by atoms with E-state index >= 15 is 0 Å². The molecule has 2 aromatic carbocycles. The monoisotopic (exact) mass is 364 g/mol.